The second-order valence-electron chi connectivity index (χ2n) is 7.32. The van der Waals surface area contributed by atoms with Crippen LogP contribution in [0.2, 0.25) is 0 Å². The highest BCUT2D eigenvalue weighted by Crippen LogP contribution is 2.12. The molecule has 24 heavy (non-hydrogen) atoms. The Hall–Kier alpha value is -2.24. The molecule has 0 saturated carbocycles. The summed E-state index contributed by atoms with van der Waals surface area (Å²) in [5.41, 5.74) is 0.448. The smallest absolute Gasteiger partial charge is 0.429 e. The van der Waals surface area contributed by atoms with E-state index in [4.69, 9.17) is 18.9 Å². The van der Waals surface area contributed by atoms with E-state index in [1.807, 2.05) is 0 Å². The summed E-state index contributed by atoms with van der Waals surface area (Å²) in [6.45, 7) is 10.9. The maximum Gasteiger partial charge on any atom is 0.509 e. The third-order valence-electron chi connectivity index (χ3n) is 2.52. The van der Waals surface area contributed by atoms with Gasteiger partial charge in [0, 0.05) is 0 Å². The van der Waals surface area contributed by atoms with Crippen molar-refractivity contribution in [2.45, 2.75) is 66.0 Å². The Morgan fingerprint density at radius 3 is 1.25 bits per heavy atom. The molecule has 1 aromatic rings. The van der Waals surface area contributed by atoms with Gasteiger partial charge in [-0.1, -0.05) is 24.3 Å². The van der Waals surface area contributed by atoms with Crippen LogP contribution in [0.25, 0.3) is 0 Å². The Balaban J connectivity index is 2.41. The van der Waals surface area contributed by atoms with E-state index >= 15 is 0 Å². The van der Waals surface area contributed by atoms with Crippen LogP contribution in [0.1, 0.15) is 52.7 Å². The third kappa shape index (κ3) is 9.02. The van der Waals surface area contributed by atoms with Crippen molar-refractivity contribution in [1.82, 2.24) is 0 Å². The Labute approximate surface area is 143 Å². The molecule has 0 amide bonds. The van der Waals surface area contributed by atoms with Crippen LogP contribution in [-0.2, 0) is 32.2 Å². The molecule has 0 saturated heterocycles. The van der Waals surface area contributed by atoms with E-state index < -0.39 is 23.5 Å². The molecule has 0 aliphatic heterocycles. The average molecular weight is 338 g/mol. The SMILES string of the molecule is CC(C)(C)OC(=O)OCc1ccc(COC(=O)OC(C)(C)C)cc1. The van der Waals surface area contributed by atoms with Crippen LogP contribution < -0.4 is 0 Å². The molecule has 0 fully saturated rings. The lowest BCUT2D eigenvalue weighted by molar-refractivity contribution is -0.0123. The van der Waals surface area contributed by atoms with E-state index in [0.717, 1.165) is 11.1 Å². The molecular formula is C18H26O6. The summed E-state index contributed by atoms with van der Waals surface area (Å²) in [7, 11) is 0. The van der Waals surface area contributed by atoms with Gasteiger partial charge in [0.05, 0.1) is 0 Å². The second kappa shape index (κ2) is 8.04. The van der Waals surface area contributed by atoms with Crippen molar-refractivity contribution in [3.63, 3.8) is 0 Å². The van der Waals surface area contributed by atoms with E-state index in [0.29, 0.717) is 0 Å². The lowest BCUT2D eigenvalue weighted by Gasteiger charge is -2.19. The van der Waals surface area contributed by atoms with Gasteiger partial charge in [0.25, 0.3) is 0 Å². The lowest BCUT2D eigenvalue weighted by atomic mass is 10.1. The molecule has 0 spiro atoms. The molecule has 1 rings (SSSR count). The number of carbonyl (C=O) groups is 2. The van der Waals surface area contributed by atoms with Gasteiger partial charge in [-0.3, -0.25) is 0 Å². The van der Waals surface area contributed by atoms with Crippen LogP contribution in [0.3, 0.4) is 0 Å². The third-order valence-corrected chi connectivity index (χ3v) is 2.52. The second-order valence-corrected chi connectivity index (χ2v) is 7.32. The van der Waals surface area contributed by atoms with Gasteiger partial charge in [-0.2, -0.15) is 0 Å². The number of rotatable bonds is 4. The minimum absolute atomic E-state index is 0.113. The summed E-state index contributed by atoms with van der Waals surface area (Å²) < 4.78 is 20.2. The van der Waals surface area contributed by atoms with Crippen LogP contribution in [0, 0.1) is 0 Å². The fraction of sp³-hybridized carbons (Fsp3) is 0.556. The van der Waals surface area contributed by atoms with Crippen molar-refractivity contribution in [3.05, 3.63) is 35.4 Å². The van der Waals surface area contributed by atoms with Crippen molar-refractivity contribution in [2.75, 3.05) is 0 Å². The molecule has 0 bridgehead atoms. The van der Waals surface area contributed by atoms with Crippen LogP contribution in [0.4, 0.5) is 9.59 Å². The molecule has 0 atom stereocenters. The van der Waals surface area contributed by atoms with Crippen molar-refractivity contribution < 1.29 is 28.5 Å². The Morgan fingerprint density at radius 2 is 1.00 bits per heavy atom. The fourth-order valence-corrected chi connectivity index (χ4v) is 1.58. The van der Waals surface area contributed by atoms with Crippen LogP contribution in [-0.4, -0.2) is 23.5 Å². The van der Waals surface area contributed by atoms with Gasteiger partial charge in [0.1, 0.15) is 24.4 Å². The highest BCUT2D eigenvalue weighted by molar-refractivity contribution is 5.61. The summed E-state index contributed by atoms with van der Waals surface area (Å²) in [5, 5.41) is 0. The largest absolute Gasteiger partial charge is 0.509 e. The minimum Gasteiger partial charge on any atom is -0.429 e. The van der Waals surface area contributed by atoms with E-state index in [-0.39, 0.29) is 13.2 Å². The van der Waals surface area contributed by atoms with E-state index in [9.17, 15) is 9.59 Å². The summed E-state index contributed by atoms with van der Waals surface area (Å²) in [6.07, 6.45) is -1.42. The van der Waals surface area contributed by atoms with Crippen molar-refractivity contribution in [2.24, 2.45) is 0 Å². The lowest BCUT2D eigenvalue weighted by Crippen LogP contribution is -2.24. The number of ether oxygens (including phenoxy) is 4. The van der Waals surface area contributed by atoms with Crippen molar-refractivity contribution in [1.29, 1.82) is 0 Å². The van der Waals surface area contributed by atoms with Crippen LogP contribution in [0.15, 0.2) is 24.3 Å². The molecule has 1 aromatic carbocycles. The van der Waals surface area contributed by atoms with Gasteiger partial charge in [-0.25, -0.2) is 9.59 Å². The summed E-state index contributed by atoms with van der Waals surface area (Å²) in [5.74, 6) is 0. The Kier molecular flexibility index (Phi) is 6.63. The zero-order chi connectivity index (χ0) is 18.4. The highest BCUT2D eigenvalue weighted by Gasteiger charge is 2.18. The van der Waals surface area contributed by atoms with Crippen molar-refractivity contribution in [3.8, 4) is 0 Å². The molecule has 0 unspecified atom stereocenters. The number of hydrogen-bond acceptors (Lipinski definition) is 6. The molecule has 6 nitrogen and oxygen atoms in total. The zero-order valence-corrected chi connectivity index (χ0v) is 15.2. The first-order valence-corrected chi connectivity index (χ1v) is 7.74. The molecule has 134 valence electrons. The van der Waals surface area contributed by atoms with Crippen LogP contribution in [0.5, 0.6) is 0 Å². The minimum atomic E-state index is -0.708. The Bertz CT molecular complexity index is 497. The summed E-state index contributed by atoms with van der Waals surface area (Å²) in [6, 6.07) is 7.16. The first kappa shape index (κ1) is 19.8. The monoisotopic (exact) mass is 338 g/mol. The normalized spacial score (nSPS) is 11.6. The molecule has 6 heteroatoms. The standard InChI is InChI=1S/C18H26O6/c1-17(2,3)23-15(19)21-11-13-7-9-14(10-8-13)12-22-16(20)24-18(4,5)6/h7-10H,11-12H2,1-6H3. The van der Waals surface area contributed by atoms with Gasteiger partial charge in [0.15, 0.2) is 0 Å². The van der Waals surface area contributed by atoms with E-state index in [1.165, 1.54) is 0 Å². The van der Waals surface area contributed by atoms with E-state index in [2.05, 4.69) is 0 Å². The van der Waals surface area contributed by atoms with Gasteiger partial charge < -0.3 is 18.9 Å². The van der Waals surface area contributed by atoms with Crippen molar-refractivity contribution >= 4 is 12.3 Å². The molecular weight excluding hydrogens is 312 g/mol. The quantitative estimate of drug-likeness (QED) is 0.748. The molecule has 0 radical (unpaired) electrons. The molecule has 0 aromatic heterocycles. The molecule has 0 heterocycles. The highest BCUT2D eigenvalue weighted by atomic mass is 16.7. The molecule has 0 N–H and O–H groups in total. The zero-order valence-electron chi connectivity index (χ0n) is 15.2. The van der Waals surface area contributed by atoms with Crippen LogP contribution >= 0.6 is 0 Å². The number of carbonyl (C=O) groups excluding carboxylic acids is 2. The summed E-state index contributed by atoms with van der Waals surface area (Å²) >= 11 is 0. The first-order valence-electron chi connectivity index (χ1n) is 7.74. The maximum absolute atomic E-state index is 11.5. The number of hydrogen-bond donors (Lipinski definition) is 0. The molecule has 0 aliphatic carbocycles. The average Bonchev–Trinajstić information content (AvgIpc) is 2.40. The Morgan fingerprint density at radius 1 is 0.708 bits per heavy atom. The van der Waals surface area contributed by atoms with Gasteiger partial charge in [0.2, 0.25) is 0 Å². The fourth-order valence-electron chi connectivity index (χ4n) is 1.58. The summed E-state index contributed by atoms with van der Waals surface area (Å²) in [4.78, 5) is 22.9. The predicted molar refractivity (Wildman–Crippen MR) is 88.5 cm³/mol. The number of benzene rings is 1. The molecule has 0 aliphatic rings. The van der Waals surface area contributed by atoms with Gasteiger partial charge in [-0.15, -0.1) is 0 Å². The maximum atomic E-state index is 11.5. The topological polar surface area (TPSA) is 71.1 Å². The first-order chi connectivity index (χ1) is 10.9. The van der Waals surface area contributed by atoms with Gasteiger partial charge >= 0.3 is 12.3 Å². The predicted octanol–water partition coefficient (Wildman–Crippen LogP) is 4.59. The van der Waals surface area contributed by atoms with E-state index in [1.54, 1.807) is 65.8 Å². The van der Waals surface area contributed by atoms with Gasteiger partial charge in [-0.05, 0) is 52.7 Å².